The second kappa shape index (κ2) is 7.53. The van der Waals surface area contributed by atoms with Gasteiger partial charge in [0.05, 0.1) is 18.4 Å². The Labute approximate surface area is 154 Å². The molecular weight excluding hydrogens is 352 g/mol. The number of H-pyrrole nitrogens is 1. The lowest BCUT2D eigenvalue weighted by molar-refractivity contribution is 0.0461. The minimum atomic E-state index is -0.532. The van der Waals surface area contributed by atoms with E-state index >= 15 is 0 Å². The number of thiazole rings is 1. The van der Waals surface area contributed by atoms with E-state index in [-0.39, 0.29) is 12.3 Å². The summed E-state index contributed by atoms with van der Waals surface area (Å²) in [7, 11) is 1.30. The van der Waals surface area contributed by atoms with Gasteiger partial charge in [-0.1, -0.05) is 30.3 Å². The molecular formula is C19H18N2O4S. The number of aromatic nitrogens is 2. The van der Waals surface area contributed by atoms with Gasteiger partial charge in [-0.05, 0) is 19.4 Å². The smallest absolute Gasteiger partial charge is 0.355 e. The first-order valence-electron chi connectivity index (χ1n) is 7.95. The third-order valence-electron chi connectivity index (χ3n) is 3.95. The third kappa shape index (κ3) is 3.52. The Kier molecular flexibility index (Phi) is 5.18. The lowest BCUT2D eigenvalue weighted by Gasteiger charge is -2.03. The molecule has 0 bridgehead atoms. The summed E-state index contributed by atoms with van der Waals surface area (Å²) in [5.74, 6) is -1.02. The van der Waals surface area contributed by atoms with E-state index in [1.807, 2.05) is 35.7 Å². The minimum absolute atomic E-state index is 0.0627. The highest BCUT2D eigenvalue weighted by atomic mass is 32.1. The van der Waals surface area contributed by atoms with E-state index < -0.39 is 11.9 Å². The van der Waals surface area contributed by atoms with Crippen molar-refractivity contribution in [3.05, 3.63) is 63.9 Å². The molecule has 0 saturated carbocycles. The van der Waals surface area contributed by atoms with Crippen LogP contribution in [0, 0.1) is 13.8 Å². The Morgan fingerprint density at radius 3 is 2.58 bits per heavy atom. The van der Waals surface area contributed by atoms with Gasteiger partial charge in [-0.2, -0.15) is 0 Å². The summed E-state index contributed by atoms with van der Waals surface area (Å²) in [5.41, 5.74) is 3.40. The van der Waals surface area contributed by atoms with Crippen LogP contribution < -0.4 is 0 Å². The molecule has 0 saturated heterocycles. The van der Waals surface area contributed by atoms with Gasteiger partial charge in [0.25, 0.3) is 0 Å². The maximum atomic E-state index is 12.4. The molecule has 0 atom stereocenters. The number of carbonyl (C=O) groups excluding carboxylic acids is 2. The molecule has 7 heteroatoms. The van der Waals surface area contributed by atoms with E-state index in [0.29, 0.717) is 22.5 Å². The molecule has 2 heterocycles. The number of hydrogen-bond donors (Lipinski definition) is 1. The van der Waals surface area contributed by atoms with Crippen LogP contribution in [-0.2, 0) is 16.1 Å². The second-order valence-electron chi connectivity index (χ2n) is 5.70. The van der Waals surface area contributed by atoms with Gasteiger partial charge >= 0.3 is 11.9 Å². The summed E-state index contributed by atoms with van der Waals surface area (Å²) >= 11 is 1.50. The first-order chi connectivity index (χ1) is 12.5. The maximum absolute atomic E-state index is 12.4. The van der Waals surface area contributed by atoms with Crippen LogP contribution >= 0.6 is 11.3 Å². The number of carbonyl (C=O) groups is 2. The van der Waals surface area contributed by atoms with Crippen LogP contribution in [0.1, 0.15) is 37.8 Å². The van der Waals surface area contributed by atoms with E-state index in [0.717, 1.165) is 10.6 Å². The predicted octanol–water partition coefficient (Wildman–Crippen LogP) is 3.90. The standard InChI is InChI=1S/C19H18N2O4S/c1-11-15(18(22)24-3)12(2)20-16(11)19(23)25-9-14-10-26-17(21-14)13-7-5-4-6-8-13/h4-8,10,20H,9H2,1-3H3. The first kappa shape index (κ1) is 17.9. The van der Waals surface area contributed by atoms with Crippen molar-refractivity contribution in [2.24, 2.45) is 0 Å². The van der Waals surface area contributed by atoms with Crippen molar-refractivity contribution in [3.63, 3.8) is 0 Å². The molecule has 3 rings (SSSR count). The van der Waals surface area contributed by atoms with Gasteiger partial charge in [0.2, 0.25) is 0 Å². The van der Waals surface area contributed by atoms with Crippen molar-refractivity contribution in [1.29, 1.82) is 0 Å². The van der Waals surface area contributed by atoms with Crippen LogP contribution in [0.15, 0.2) is 35.7 Å². The zero-order chi connectivity index (χ0) is 18.7. The highest BCUT2D eigenvalue weighted by Crippen LogP contribution is 2.24. The molecule has 0 aliphatic carbocycles. The number of aromatic amines is 1. The molecule has 1 aromatic carbocycles. The predicted molar refractivity (Wildman–Crippen MR) is 98.3 cm³/mol. The maximum Gasteiger partial charge on any atom is 0.355 e. The Morgan fingerprint density at radius 1 is 1.15 bits per heavy atom. The molecule has 26 heavy (non-hydrogen) atoms. The van der Waals surface area contributed by atoms with E-state index in [1.54, 1.807) is 13.8 Å². The molecule has 0 spiro atoms. The molecule has 0 amide bonds. The number of rotatable bonds is 5. The van der Waals surface area contributed by atoms with Gasteiger partial charge in [0.15, 0.2) is 0 Å². The lowest BCUT2D eigenvalue weighted by atomic mass is 10.1. The molecule has 3 aromatic rings. The van der Waals surface area contributed by atoms with Gasteiger partial charge < -0.3 is 14.5 Å². The molecule has 0 fully saturated rings. The van der Waals surface area contributed by atoms with Gasteiger partial charge in [-0.15, -0.1) is 11.3 Å². The van der Waals surface area contributed by atoms with Crippen molar-refractivity contribution in [3.8, 4) is 10.6 Å². The highest BCUT2D eigenvalue weighted by Gasteiger charge is 2.23. The number of benzene rings is 1. The largest absolute Gasteiger partial charge is 0.465 e. The fraction of sp³-hybridized carbons (Fsp3) is 0.211. The van der Waals surface area contributed by atoms with Crippen molar-refractivity contribution in [2.75, 3.05) is 7.11 Å². The lowest BCUT2D eigenvalue weighted by Crippen LogP contribution is -2.08. The Morgan fingerprint density at radius 2 is 1.88 bits per heavy atom. The number of hydrogen-bond acceptors (Lipinski definition) is 6. The summed E-state index contributed by atoms with van der Waals surface area (Å²) in [6, 6.07) is 9.81. The number of esters is 2. The summed E-state index contributed by atoms with van der Waals surface area (Å²) in [6.45, 7) is 3.46. The van der Waals surface area contributed by atoms with Crippen LogP contribution in [0.4, 0.5) is 0 Å². The fourth-order valence-electron chi connectivity index (χ4n) is 2.66. The Balaban J connectivity index is 1.70. The topological polar surface area (TPSA) is 81.3 Å². The summed E-state index contributed by atoms with van der Waals surface area (Å²) in [4.78, 5) is 31.6. The summed E-state index contributed by atoms with van der Waals surface area (Å²) in [5, 5.41) is 2.74. The van der Waals surface area contributed by atoms with Gasteiger partial charge in [-0.25, -0.2) is 14.6 Å². The van der Waals surface area contributed by atoms with Crippen LogP contribution in [-0.4, -0.2) is 29.0 Å². The number of methoxy groups -OCH3 is 1. The average Bonchev–Trinajstić information content (AvgIpc) is 3.24. The quantitative estimate of drug-likeness (QED) is 0.689. The molecule has 0 unspecified atom stereocenters. The zero-order valence-corrected chi connectivity index (χ0v) is 15.5. The molecule has 0 aliphatic heterocycles. The summed E-state index contributed by atoms with van der Waals surface area (Å²) < 4.78 is 10.1. The molecule has 0 aliphatic rings. The van der Waals surface area contributed by atoms with Crippen molar-refractivity contribution in [1.82, 2.24) is 9.97 Å². The third-order valence-corrected chi connectivity index (χ3v) is 4.89. The minimum Gasteiger partial charge on any atom is -0.465 e. The van der Waals surface area contributed by atoms with Crippen molar-refractivity contribution in [2.45, 2.75) is 20.5 Å². The van der Waals surface area contributed by atoms with Gasteiger partial charge in [0.1, 0.15) is 17.3 Å². The van der Waals surface area contributed by atoms with Crippen molar-refractivity contribution >= 4 is 23.3 Å². The van der Waals surface area contributed by atoms with Gasteiger partial charge in [-0.3, -0.25) is 0 Å². The number of ether oxygens (including phenoxy) is 2. The van der Waals surface area contributed by atoms with Crippen LogP contribution in [0.2, 0.25) is 0 Å². The molecule has 6 nitrogen and oxygen atoms in total. The van der Waals surface area contributed by atoms with E-state index in [4.69, 9.17) is 9.47 Å². The molecule has 1 N–H and O–H groups in total. The molecule has 2 aromatic heterocycles. The average molecular weight is 370 g/mol. The molecule has 134 valence electrons. The number of aryl methyl sites for hydroxylation is 1. The Hall–Kier alpha value is -2.93. The Bertz CT molecular complexity index is 944. The van der Waals surface area contributed by atoms with E-state index in [1.165, 1.54) is 18.4 Å². The van der Waals surface area contributed by atoms with Crippen LogP contribution in [0.3, 0.4) is 0 Å². The molecule has 0 radical (unpaired) electrons. The normalized spacial score (nSPS) is 10.6. The number of nitrogens with zero attached hydrogens (tertiary/aromatic N) is 1. The second-order valence-corrected chi connectivity index (χ2v) is 6.56. The monoisotopic (exact) mass is 370 g/mol. The fourth-order valence-corrected chi connectivity index (χ4v) is 3.47. The van der Waals surface area contributed by atoms with Crippen LogP contribution in [0.25, 0.3) is 10.6 Å². The van der Waals surface area contributed by atoms with Gasteiger partial charge in [0, 0.05) is 16.6 Å². The summed E-state index contributed by atoms with van der Waals surface area (Å²) in [6.07, 6.45) is 0. The van der Waals surface area contributed by atoms with Crippen molar-refractivity contribution < 1.29 is 19.1 Å². The SMILES string of the molecule is COC(=O)c1c(C)[nH]c(C(=O)OCc2csc(-c3ccccc3)n2)c1C. The highest BCUT2D eigenvalue weighted by molar-refractivity contribution is 7.13. The number of nitrogens with one attached hydrogen (secondary N) is 1. The van der Waals surface area contributed by atoms with E-state index in [9.17, 15) is 9.59 Å². The van der Waals surface area contributed by atoms with E-state index in [2.05, 4.69) is 9.97 Å². The first-order valence-corrected chi connectivity index (χ1v) is 8.83. The van der Waals surface area contributed by atoms with Crippen LogP contribution in [0.5, 0.6) is 0 Å². The zero-order valence-electron chi connectivity index (χ0n) is 14.7.